The highest BCUT2D eigenvalue weighted by molar-refractivity contribution is 5.75. The minimum absolute atomic E-state index is 0.308. The van der Waals surface area contributed by atoms with Gasteiger partial charge in [0, 0.05) is 20.0 Å². The van der Waals surface area contributed by atoms with Crippen LogP contribution in [-0.4, -0.2) is 37.5 Å². The van der Waals surface area contributed by atoms with Crippen molar-refractivity contribution in [2.24, 2.45) is 5.92 Å². The van der Waals surface area contributed by atoms with Crippen LogP contribution in [0.3, 0.4) is 0 Å². The summed E-state index contributed by atoms with van der Waals surface area (Å²) in [5, 5.41) is 3.30. The van der Waals surface area contributed by atoms with Gasteiger partial charge in [0.25, 0.3) is 0 Å². The summed E-state index contributed by atoms with van der Waals surface area (Å²) < 4.78 is 0. The number of hydrogen-bond donors (Lipinski definition) is 1. The third kappa shape index (κ3) is 10.6. The fourth-order valence-electron chi connectivity index (χ4n) is 1.93. The van der Waals surface area contributed by atoms with Crippen LogP contribution in [0.4, 0.5) is 0 Å². The van der Waals surface area contributed by atoms with Crippen LogP contribution in [0.5, 0.6) is 0 Å². The fraction of sp³-hybridized carbons (Fsp3) is 0.933. The van der Waals surface area contributed by atoms with Crippen LogP contribution in [0.15, 0.2) is 0 Å². The summed E-state index contributed by atoms with van der Waals surface area (Å²) in [5.41, 5.74) is 0. The van der Waals surface area contributed by atoms with Crippen LogP contribution in [-0.2, 0) is 4.79 Å². The van der Waals surface area contributed by atoms with E-state index in [0.717, 1.165) is 44.8 Å². The molecular weight excluding hydrogens is 224 g/mol. The molecule has 0 aliphatic rings. The summed E-state index contributed by atoms with van der Waals surface area (Å²) in [6, 6.07) is 0. The number of nitrogens with zero attached hydrogens (tertiary/aromatic N) is 1. The van der Waals surface area contributed by atoms with Crippen LogP contribution in [0, 0.1) is 5.92 Å². The Morgan fingerprint density at radius 1 is 1.17 bits per heavy atom. The first kappa shape index (κ1) is 17.4. The third-order valence-corrected chi connectivity index (χ3v) is 3.19. The molecule has 0 spiro atoms. The maximum Gasteiger partial charge on any atom is 0.222 e. The first-order valence-corrected chi connectivity index (χ1v) is 7.52. The predicted octanol–water partition coefficient (Wildman–Crippen LogP) is 3.05. The van der Waals surface area contributed by atoms with E-state index < -0.39 is 0 Å². The molecule has 0 aromatic rings. The first-order valence-electron chi connectivity index (χ1n) is 7.52. The third-order valence-electron chi connectivity index (χ3n) is 3.19. The Kier molecular flexibility index (Phi) is 11.2. The zero-order chi connectivity index (χ0) is 13.8. The lowest BCUT2D eigenvalue weighted by atomic mass is 10.1. The van der Waals surface area contributed by atoms with E-state index in [2.05, 4.69) is 26.1 Å². The summed E-state index contributed by atoms with van der Waals surface area (Å²) in [6.07, 6.45) is 6.40. The molecule has 0 bridgehead atoms. The van der Waals surface area contributed by atoms with E-state index in [9.17, 15) is 4.79 Å². The van der Waals surface area contributed by atoms with Crippen LogP contribution in [0.1, 0.15) is 59.3 Å². The van der Waals surface area contributed by atoms with Gasteiger partial charge in [-0.25, -0.2) is 0 Å². The lowest BCUT2D eigenvalue weighted by Gasteiger charge is -2.17. The van der Waals surface area contributed by atoms with Gasteiger partial charge in [-0.05, 0) is 44.7 Å². The normalized spacial score (nSPS) is 10.9. The highest BCUT2D eigenvalue weighted by Crippen LogP contribution is 2.06. The van der Waals surface area contributed by atoms with E-state index in [4.69, 9.17) is 0 Å². The highest BCUT2D eigenvalue weighted by Gasteiger charge is 2.07. The molecule has 0 radical (unpaired) electrons. The van der Waals surface area contributed by atoms with E-state index in [1.165, 1.54) is 12.8 Å². The molecule has 1 N–H and O–H groups in total. The molecule has 0 saturated carbocycles. The Morgan fingerprint density at radius 3 is 2.50 bits per heavy atom. The van der Waals surface area contributed by atoms with E-state index in [0.29, 0.717) is 12.3 Å². The van der Waals surface area contributed by atoms with E-state index in [1.54, 1.807) is 0 Å². The first-order chi connectivity index (χ1) is 8.57. The van der Waals surface area contributed by atoms with Crippen LogP contribution >= 0.6 is 0 Å². The standard InChI is InChI=1S/C15H32N2O/c1-5-16-12-8-6-7-11-15(18)17(4)13-9-10-14(2)3/h14,16H,5-13H2,1-4H3. The molecule has 3 nitrogen and oxygen atoms in total. The number of nitrogens with one attached hydrogen (secondary N) is 1. The summed E-state index contributed by atoms with van der Waals surface area (Å²) >= 11 is 0. The molecule has 3 heteroatoms. The molecule has 18 heavy (non-hydrogen) atoms. The van der Waals surface area contributed by atoms with Gasteiger partial charge in [0.2, 0.25) is 5.91 Å². The van der Waals surface area contributed by atoms with Gasteiger partial charge in [-0.3, -0.25) is 4.79 Å². The number of carbonyl (C=O) groups excluding carboxylic acids is 1. The molecule has 0 aliphatic carbocycles. The minimum atomic E-state index is 0.308. The SMILES string of the molecule is CCNCCCCCC(=O)N(C)CCCC(C)C. The molecule has 0 aromatic heterocycles. The predicted molar refractivity (Wildman–Crippen MR) is 78.7 cm³/mol. The number of rotatable bonds is 11. The largest absolute Gasteiger partial charge is 0.346 e. The maximum absolute atomic E-state index is 11.8. The van der Waals surface area contributed by atoms with E-state index in [1.807, 2.05) is 11.9 Å². The Labute approximate surface area is 113 Å². The Morgan fingerprint density at radius 2 is 1.89 bits per heavy atom. The van der Waals surface area contributed by atoms with E-state index in [-0.39, 0.29) is 0 Å². The van der Waals surface area contributed by atoms with Gasteiger partial charge in [-0.2, -0.15) is 0 Å². The molecule has 1 amide bonds. The molecule has 108 valence electrons. The van der Waals surface area contributed by atoms with E-state index >= 15 is 0 Å². The highest BCUT2D eigenvalue weighted by atomic mass is 16.2. The van der Waals surface area contributed by atoms with Crippen LogP contribution in [0.2, 0.25) is 0 Å². The molecule has 0 aromatic carbocycles. The van der Waals surface area contributed by atoms with Gasteiger partial charge in [0.1, 0.15) is 0 Å². The van der Waals surface area contributed by atoms with Crippen molar-refractivity contribution in [2.75, 3.05) is 26.7 Å². The molecule has 0 atom stereocenters. The molecule has 0 fully saturated rings. The molecule has 0 heterocycles. The monoisotopic (exact) mass is 256 g/mol. The molecule has 0 rings (SSSR count). The zero-order valence-corrected chi connectivity index (χ0v) is 12.8. The Hall–Kier alpha value is -0.570. The molecule has 0 saturated heterocycles. The van der Waals surface area contributed by atoms with Gasteiger partial charge in [-0.15, -0.1) is 0 Å². The Bertz CT molecular complexity index is 205. The fourth-order valence-corrected chi connectivity index (χ4v) is 1.93. The van der Waals surface area contributed by atoms with Gasteiger partial charge >= 0.3 is 0 Å². The van der Waals surface area contributed by atoms with Gasteiger partial charge in [0.05, 0.1) is 0 Å². The topological polar surface area (TPSA) is 32.3 Å². The molecule has 0 unspecified atom stereocenters. The van der Waals surface area contributed by atoms with Gasteiger partial charge in [0.15, 0.2) is 0 Å². The van der Waals surface area contributed by atoms with Crippen molar-refractivity contribution in [3.63, 3.8) is 0 Å². The van der Waals surface area contributed by atoms with Crippen molar-refractivity contribution in [3.05, 3.63) is 0 Å². The summed E-state index contributed by atoms with van der Waals surface area (Å²) in [7, 11) is 1.93. The summed E-state index contributed by atoms with van der Waals surface area (Å²) in [4.78, 5) is 13.7. The summed E-state index contributed by atoms with van der Waals surface area (Å²) in [6.45, 7) is 9.61. The second kappa shape index (κ2) is 11.5. The lowest BCUT2D eigenvalue weighted by molar-refractivity contribution is -0.130. The maximum atomic E-state index is 11.8. The van der Waals surface area contributed by atoms with Gasteiger partial charge < -0.3 is 10.2 Å². The minimum Gasteiger partial charge on any atom is -0.346 e. The van der Waals surface area contributed by atoms with Crippen molar-refractivity contribution in [3.8, 4) is 0 Å². The van der Waals surface area contributed by atoms with Crippen LogP contribution < -0.4 is 5.32 Å². The molecule has 0 aliphatic heterocycles. The average Bonchev–Trinajstić information content (AvgIpc) is 2.32. The number of amides is 1. The molecular formula is C15H32N2O. The number of hydrogen-bond acceptors (Lipinski definition) is 2. The van der Waals surface area contributed by atoms with Crippen molar-refractivity contribution >= 4 is 5.91 Å². The van der Waals surface area contributed by atoms with Crippen molar-refractivity contribution in [1.82, 2.24) is 10.2 Å². The van der Waals surface area contributed by atoms with Crippen molar-refractivity contribution in [2.45, 2.75) is 59.3 Å². The zero-order valence-electron chi connectivity index (χ0n) is 12.8. The smallest absolute Gasteiger partial charge is 0.222 e. The second-order valence-corrected chi connectivity index (χ2v) is 5.52. The van der Waals surface area contributed by atoms with Crippen molar-refractivity contribution in [1.29, 1.82) is 0 Å². The quantitative estimate of drug-likeness (QED) is 0.576. The number of carbonyl (C=O) groups is 1. The average molecular weight is 256 g/mol. The van der Waals surface area contributed by atoms with Crippen molar-refractivity contribution < 1.29 is 4.79 Å². The Balaban J connectivity index is 3.44. The number of unbranched alkanes of at least 4 members (excludes halogenated alkanes) is 2. The van der Waals surface area contributed by atoms with Gasteiger partial charge in [-0.1, -0.05) is 27.2 Å². The lowest BCUT2D eigenvalue weighted by Crippen LogP contribution is -2.27. The summed E-state index contributed by atoms with van der Waals surface area (Å²) in [5.74, 6) is 1.04. The second-order valence-electron chi connectivity index (χ2n) is 5.52. The van der Waals surface area contributed by atoms with Crippen LogP contribution in [0.25, 0.3) is 0 Å².